The Hall–Kier alpha value is -2.10. The molecule has 2 saturated heterocycles. The van der Waals surface area contributed by atoms with Gasteiger partial charge in [0.2, 0.25) is 10.0 Å². The largest absolute Gasteiger partial charge is 0.372 e. The van der Waals surface area contributed by atoms with Gasteiger partial charge in [0.05, 0.1) is 9.79 Å². The predicted octanol–water partition coefficient (Wildman–Crippen LogP) is 3.51. The maximum Gasteiger partial charge on any atom is 0.261 e. The first kappa shape index (κ1) is 22.1. The number of nitrogens with one attached hydrogen (secondary N) is 1. The molecule has 168 valence electrons. The lowest BCUT2D eigenvalue weighted by atomic mass is 9.99. The summed E-state index contributed by atoms with van der Waals surface area (Å²) in [5.41, 5.74) is 1.56. The summed E-state index contributed by atoms with van der Waals surface area (Å²) in [6.07, 6.45) is 4.03. The van der Waals surface area contributed by atoms with Crippen LogP contribution in [0.4, 0.5) is 11.4 Å². The van der Waals surface area contributed by atoms with Gasteiger partial charge in [-0.15, -0.1) is 0 Å². The van der Waals surface area contributed by atoms with Crippen molar-refractivity contribution in [2.75, 3.05) is 35.8 Å². The van der Waals surface area contributed by atoms with Crippen molar-refractivity contribution in [2.45, 2.75) is 42.4 Å². The molecular formula is C22H29N3O4S2. The van der Waals surface area contributed by atoms with Crippen LogP contribution in [0.25, 0.3) is 0 Å². The molecule has 1 N–H and O–H groups in total. The number of hydrogen-bond donors (Lipinski definition) is 1. The molecule has 2 aromatic rings. The van der Waals surface area contributed by atoms with Crippen LogP contribution in [0.1, 0.15) is 32.6 Å². The maximum absolute atomic E-state index is 12.8. The minimum atomic E-state index is -3.81. The molecule has 7 nitrogen and oxygen atoms in total. The van der Waals surface area contributed by atoms with Crippen LogP contribution in [-0.4, -0.2) is 47.3 Å². The van der Waals surface area contributed by atoms with Gasteiger partial charge in [0.1, 0.15) is 0 Å². The van der Waals surface area contributed by atoms with Crippen LogP contribution in [-0.2, 0) is 20.0 Å². The second-order valence-electron chi connectivity index (χ2n) is 8.40. The highest BCUT2D eigenvalue weighted by Crippen LogP contribution is 2.26. The Balaban J connectivity index is 1.45. The predicted molar refractivity (Wildman–Crippen MR) is 122 cm³/mol. The molecule has 0 atom stereocenters. The minimum absolute atomic E-state index is 0.0296. The zero-order valence-corrected chi connectivity index (χ0v) is 19.3. The average molecular weight is 464 g/mol. The van der Waals surface area contributed by atoms with E-state index >= 15 is 0 Å². The number of anilines is 2. The summed E-state index contributed by atoms with van der Waals surface area (Å²) in [5, 5.41) is 0. The lowest BCUT2D eigenvalue weighted by Gasteiger charge is -2.32. The van der Waals surface area contributed by atoms with Crippen molar-refractivity contribution in [2.24, 2.45) is 5.92 Å². The van der Waals surface area contributed by atoms with Gasteiger partial charge in [-0.3, -0.25) is 4.72 Å². The van der Waals surface area contributed by atoms with Crippen molar-refractivity contribution < 1.29 is 16.8 Å². The van der Waals surface area contributed by atoms with Crippen molar-refractivity contribution in [3.05, 3.63) is 48.5 Å². The number of benzene rings is 2. The van der Waals surface area contributed by atoms with Gasteiger partial charge < -0.3 is 4.90 Å². The molecule has 2 aromatic carbocycles. The zero-order chi connectivity index (χ0) is 22.1. The van der Waals surface area contributed by atoms with Gasteiger partial charge in [0.15, 0.2) is 0 Å². The summed E-state index contributed by atoms with van der Waals surface area (Å²) in [5.74, 6) is 0.749. The molecule has 0 saturated carbocycles. The van der Waals surface area contributed by atoms with E-state index in [9.17, 15) is 16.8 Å². The highest BCUT2D eigenvalue weighted by molar-refractivity contribution is 7.92. The summed E-state index contributed by atoms with van der Waals surface area (Å²) in [7, 11) is -7.38. The van der Waals surface area contributed by atoms with Crippen LogP contribution < -0.4 is 9.62 Å². The Bertz CT molecular complexity index is 1100. The average Bonchev–Trinajstić information content (AvgIpc) is 3.31. The summed E-state index contributed by atoms with van der Waals surface area (Å²) in [4.78, 5) is 2.47. The van der Waals surface area contributed by atoms with Gasteiger partial charge in [-0.1, -0.05) is 6.92 Å². The van der Waals surface area contributed by atoms with Crippen molar-refractivity contribution in [3.63, 3.8) is 0 Å². The normalized spacial score (nSPS) is 18.9. The van der Waals surface area contributed by atoms with Crippen molar-refractivity contribution >= 4 is 31.4 Å². The Kier molecular flexibility index (Phi) is 6.27. The van der Waals surface area contributed by atoms with E-state index in [-0.39, 0.29) is 9.79 Å². The second kappa shape index (κ2) is 8.80. The maximum atomic E-state index is 12.8. The first-order chi connectivity index (χ1) is 14.8. The molecule has 2 fully saturated rings. The zero-order valence-electron chi connectivity index (χ0n) is 17.7. The van der Waals surface area contributed by atoms with E-state index in [1.54, 1.807) is 12.1 Å². The smallest absolute Gasteiger partial charge is 0.261 e. The van der Waals surface area contributed by atoms with Crippen LogP contribution in [0.2, 0.25) is 0 Å². The fourth-order valence-corrected chi connectivity index (χ4v) is 6.67. The highest BCUT2D eigenvalue weighted by Gasteiger charge is 2.27. The quantitative estimate of drug-likeness (QED) is 0.708. The fraction of sp³-hybridized carbons (Fsp3) is 0.455. The molecule has 0 spiro atoms. The van der Waals surface area contributed by atoms with Crippen LogP contribution in [0, 0.1) is 5.92 Å². The van der Waals surface area contributed by atoms with E-state index in [1.165, 1.54) is 28.6 Å². The summed E-state index contributed by atoms with van der Waals surface area (Å²) >= 11 is 0. The first-order valence-corrected chi connectivity index (χ1v) is 13.7. The number of rotatable bonds is 6. The van der Waals surface area contributed by atoms with E-state index in [2.05, 4.69) is 16.5 Å². The number of sulfonamides is 2. The lowest BCUT2D eigenvalue weighted by Crippen LogP contribution is -2.32. The lowest BCUT2D eigenvalue weighted by molar-refractivity contribution is 0.438. The molecule has 0 aromatic heterocycles. The van der Waals surface area contributed by atoms with Crippen LogP contribution >= 0.6 is 0 Å². The monoisotopic (exact) mass is 463 g/mol. The Morgan fingerprint density at radius 3 is 1.90 bits per heavy atom. The topological polar surface area (TPSA) is 86.8 Å². The molecular weight excluding hydrogens is 434 g/mol. The molecule has 2 aliphatic heterocycles. The Labute approximate surface area is 185 Å². The summed E-state index contributed by atoms with van der Waals surface area (Å²) in [6.45, 7) is 5.31. The molecule has 0 unspecified atom stereocenters. The molecule has 2 aliphatic rings. The standard InChI is InChI=1S/C22H29N3O4S2/c1-18-12-16-24(17-13-18)20-6-4-19(5-7-20)23-30(26,27)21-8-10-22(11-9-21)31(28,29)25-14-2-3-15-25/h4-11,18,23H,2-3,12-17H2,1H3. The van der Waals surface area contributed by atoms with Gasteiger partial charge >= 0.3 is 0 Å². The van der Waals surface area contributed by atoms with Crippen molar-refractivity contribution in [1.29, 1.82) is 0 Å². The minimum Gasteiger partial charge on any atom is -0.372 e. The number of nitrogens with zero attached hydrogens (tertiary/aromatic N) is 2. The number of piperidine rings is 1. The van der Waals surface area contributed by atoms with Gasteiger partial charge in [-0.2, -0.15) is 4.31 Å². The molecule has 2 heterocycles. The van der Waals surface area contributed by atoms with Gasteiger partial charge in [0, 0.05) is 37.6 Å². The second-order valence-corrected chi connectivity index (χ2v) is 12.0. The van der Waals surface area contributed by atoms with E-state index in [1.807, 2.05) is 12.1 Å². The van der Waals surface area contributed by atoms with Crippen LogP contribution in [0.15, 0.2) is 58.3 Å². The van der Waals surface area contributed by atoms with Gasteiger partial charge in [-0.05, 0) is 80.1 Å². The van der Waals surface area contributed by atoms with E-state index in [0.717, 1.165) is 50.4 Å². The SMILES string of the molecule is CC1CCN(c2ccc(NS(=O)(=O)c3ccc(S(=O)(=O)N4CCCC4)cc3)cc2)CC1. The molecule has 9 heteroatoms. The first-order valence-electron chi connectivity index (χ1n) is 10.7. The third-order valence-corrected chi connectivity index (χ3v) is 9.42. The van der Waals surface area contributed by atoms with Crippen LogP contribution in [0.5, 0.6) is 0 Å². The molecule has 0 amide bonds. The molecule has 0 aliphatic carbocycles. The molecule has 0 radical (unpaired) electrons. The molecule has 31 heavy (non-hydrogen) atoms. The van der Waals surface area contributed by atoms with Crippen LogP contribution in [0.3, 0.4) is 0 Å². The molecule has 0 bridgehead atoms. The van der Waals surface area contributed by atoms with Gasteiger partial charge in [-0.25, -0.2) is 16.8 Å². The summed E-state index contributed by atoms with van der Waals surface area (Å²) < 4.78 is 54.8. The fourth-order valence-electron chi connectivity index (χ4n) is 4.09. The highest BCUT2D eigenvalue weighted by atomic mass is 32.2. The number of hydrogen-bond acceptors (Lipinski definition) is 5. The van der Waals surface area contributed by atoms with E-state index in [0.29, 0.717) is 18.8 Å². The van der Waals surface area contributed by atoms with Crippen molar-refractivity contribution in [1.82, 2.24) is 4.31 Å². The van der Waals surface area contributed by atoms with Crippen molar-refractivity contribution in [3.8, 4) is 0 Å². The Morgan fingerprint density at radius 2 is 1.32 bits per heavy atom. The molecule has 4 rings (SSSR count). The van der Waals surface area contributed by atoms with E-state index in [4.69, 9.17) is 0 Å². The third-order valence-electron chi connectivity index (χ3n) is 6.11. The summed E-state index contributed by atoms with van der Waals surface area (Å²) in [6, 6.07) is 12.8. The van der Waals surface area contributed by atoms with Gasteiger partial charge in [0.25, 0.3) is 10.0 Å². The Morgan fingerprint density at radius 1 is 0.774 bits per heavy atom. The third kappa shape index (κ3) is 4.88. The van der Waals surface area contributed by atoms with E-state index < -0.39 is 20.0 Å².